The molecule has 1 unspecified atom stereocenters. The molecule has 2 aliphatic heterocycles. The minimum atomic E-state index is -4.30. The average molecular weight is 567 g/mol. The molecule has 13 heteroatoms. The number of thiophene rings is 1. The number of nitrogens with zero attached hydrogens (tertiary/aromatic N) is 2. The van der Waals surface area contributed by atoms with Crippen LogP contribution < -0.4 is 14.9 Å². The second-order valence-corrected chi connectivity index (χ2v) is 14.2. The van der Waals surface area contributed by atoms with E-state index in [9.17, 15) is 26.7 Å². The first kappa shape index (κ1) is 27.3. The number of hydrogen-bond acceptors (Lipinski definition) is 8. The third-order valence-corrected chi connectivity index (χ3v) is 9.54. The summed E-state index contributed by atoms with van der Waals surface area (Å²) in [5.41, 5.74) is -0.169. The number of amidine groups is 1. The van der Waals surface area contributed by atoms with E-state index in [1.54, 1.807) is 24.3 Å². The van der Waals surface area contributed by atoms with Crippen LogP contribution in [0.3, 0.4) is 0 Å². The molecule has 2 aromatic rings. The zero-order valence-corrected chi connectivity index (χ0v) is 23.4. The van der Waals surface area contributed by atoms with Crippen LogP contribution in [-0.2, 0) is 31.4 Å². The summed E-state index contributed by atoms with van der Waals surface area (Å²) in [6.07, 6.45) is 2.34. The van der Waals surface area contributed by atoms with Crippen LogP contribution in [0.2, 0.25) is 0 Å². The SMILES string of the molecule is CC(C)CCC1(C)CN(c2ccccc2)C(=O)C(C2=NS(=O)(=O)c3c(CNS(C)(=O)=O)csc3N2)=C1O. The Balaban J connectivity index is 1.80. The van der Waals surface area contributed by atoms with E-state index in [1.165, 1.54) is 10.3 Å². The van der Waals surface area contributed by atoms with Gasteiger partial charge in [-0.25, -0.2) is 13.1 Å². The van der Waals surface area contributed by atoms with Crippen molar-refractivity contribution in [1.82, 2.24) is 4.72 Å². The average Bonchev–Trinajstić information content (AvgIpc) is 3.23. The Hall–Kier alpha value is -2.74. The smallest absolute Gasteiger partial charge is 0.287 e. The van der Waals surface area contributed by atoms with Gasteiger partial charge in [0, 0.05) is 29.8 Å². The molecule has 1 aromatic heterocycles. The minimum Gasteiger partial charge on any atom is -0.511 e. The molecule has 0 saturated carbocycles. The summed E-state index contributed by atoms with van der Waals surface area (Å²) >= 11 is 1.05. The standard InChI is InChI=1S/C24H30N4O6S3/c1-15(2)10-11-24(3)14-28(17-8-6-5-7-9-17)23(30)18(20(24)29)21-26-22-19(37(33,34)27-21)16(13-35-22)12-25-36(4,31)32/h5-9,13,15,25,29H,10-12,14H2,1-4H3,(H,26,27). The van der Waals surface area contributed by atoms with E-state index in [0.717, 1.165) is 24.0 Å². The van der Waals surface area contributed by atoms with Crippen molar-refractivity contribution in [2.24, 2.45) is 15.7 Å². The van der Waals surface area contributed by atoms with Crippen LogP contribution in [0.25, 0.3) is 0 Å². The van der Waals surface area contributed by atoms with E-state index >= 15 is 0 Å². The normalized spacial score (nSPS) is 21.6. The zero-order chi connectivity index (χ0) is 27.2. The maximum Gasteiger partial charge on any atom is 0.287 e. The van der Waals surface area contributed by atoms with Crippen LogP contribution in [0, 0.1) is 11.3 Å². The largest absolute Gasteiger partial charge is 0.511 e. The Labute approximate surface area is 221 Å². The quantitative estimate of drug-likeness (QED) is 0.443. The molecule has 4 rings (SSSR count). The van der Waals surface area contributed by atoms with Gasteiger partial charge in [-0.15, -0.1) is 15.7 Å². The molecule has 10 nitrogen and oxygen atoms in total. The molecule has 1 aromatic carbocycles. The number of benzene rings is 1. The van der Waals surface area contributed by atoms with E-state index in [4.69, 9.17) is 0 Å². The maximum atomic E-state index is 13.7. The highest BCUT2D eigenvalue weighted by Crippen LogP contribution is 2.43. The molecule has 0 saturated heterocycles. The molecule has 200 valence electrons. The van der Waals surface area contributed by atoms with Gasteiger partial charge in [0.1, 0.15) is 21.2 Å². The van der Waals surface area contributed by atoms with Gasteiger partial charge < -0.3 is 15.3 Å². The van der Waals surface area contributed by atoms with Gasteiger partial charge in [0.05, 0.1) is 6.26 Å². The summed E-state index contributed by atoms with van der Waals surface area (Å²) in [6.45, 7) is 6.00. The van der Waals surface area contributed by atoms with Crippen LogP contribution in [0.4, 0.5) is 10.7 Å². The Bertz CT molecular complexity index is 1490. The molecule has 2 aliphatic rings. The van der Waals surface area contributed by atoms with Gasteiger partial charge >= 0.3 is 0 Å². The predicted molar refractivity (Wildman–Crippen MR) is 145 cm³/mol. The number of hydrogen-bond donors (Lipinski definition) is 3. The van der Waals surface area contributed by atoms with Crippen LogP contribution >= 0.6 is 11.3 Å². The molecule has 0 bridgehead atoms. The molecule has 37 heavy (non-hydrogen) atoms. The second kappa shape index (κ2) is 9.86. The predicted octanol–water partition coefficient (Wildman–Crippen LogP) is 3.61. The highest BCUT2D eigenvalue weighted by Gasteiger charge is 2.46. The molecule has 0 aliphatic carbocycles. The van der Waals surface area contributed by atoms with Crippen molar-refractivity contribution in [2.45, 2.75) is 45.1 Å². The number of aliphatic hydroxyl groups is 1. The number of anilines is 2. The van der Waals surface area contributed by atoms with Crippen molar-refractivity contribution in [3.8, 4) is 0 Å². The van der Waals surface area contributed by atoms with E-state index in [1.807, 2.05) is 13.0 Å². The number of para-hydroxylation sites is 1. The van der Waals surface area contributed by atoms with Gasteiger partial charge in [-0.05, 0) is 36.3 Å². The zero-order valence-electron chi connectivity index (χ0n) is 21.0. The second-order valence-electron chi connectivity index (χ2n) is 10.00. The first-order chi connectivity index (χ1) is 17.2. The fourth-order valence-electron chi connectivity index (χ4n) is 4.36. The topological polar surface area (TPSA) is 145 Å². The fourth-order valence-corrected chi connectivity index (χ4v) is 7.38. The number of carbonyl (C=O) groups excluding carboxylic acids is 1. The number of aliphatic hydroxyl groups excluding tert-OH is 1. The molecular weight excluding hydrogens is 536 g/mol. The van der Waals surface area contributed by atoms with Gasteiger partial charge in [-0.3, -0.25) is 4.79 Å². The lowest BCUT2D eigenvalue weighted by Crippen LogP contribution is -2.50. The number of carbonyl (C=O) groups is 1. The Morgan fingerprint density at radius 3 is 2.57 bits per heavy atom. The molecule has 1 amide bonds. The van der Waals surface area contributed by atoms with Crippen LogP contribution in [0.5, 0.6) is 0 Å². The van der Waals surface area contributed by atoms with Crippen molar-refractivity contribution in [2.75, 3.05) is 23.0 Å². The molecule has 3 heterocycles. The van der Waals surface area contributed by atoms with Crippen molar-refractivity contribution < 1.29 is 26.7 Å². The van der Waals surface area contributed by atoms with Gasteiger partial charge in [-0.1, -0.05) is 39.0 Å². The molecular formula is C24H30N4O6S3. The highest BCUT2D eigenvalue weighted by molar-refractivity contribution is 7.91. The lowest BCUT2D eigenvalue weighted by Gasteiger charge is -2.41. The number of fused-ring (bicyclic) bond motifs is 1. The van der Waals surface area contributed by atoms with Gasteiger partial charge in [-0.2, -0.15) is 8.42 Å². The van der Waals surface area contributed by atoms with Crippen molar-refractivity contribution in [1.29, 1.82) is 0 Å². The van der Waals surface area contributed by atoms with Gasteiger partial charge in [0.2, 0.25) is 10.0 Å². The first-order valence-electron chi connectivity index (χ1n) is 11.7. The van der Waals surface area contributed by atoms with E-state index < -0.39 is 31.4 Å². The monoisotopic (exact) mass is 566 g/mol. The number of rotatable bonds is 8. The third-order valence-electron chi connectivity index (χ3n) is 6.40. The first-order valence-corrected chi connectivity index (χ1v) is 15.9. The molecule has 3 N–H and O–H groups in total. The fraction of sp³-hybridized carbons (Fsp3) is 0.417. The lowest BCUT2D eigenvalue weighted by molar-refractivity contribution is -0.116. The molecule has 0 spiro atoms. The van der Waals surface area contributed by atoms with E-state index in [0.29, 0.717) is 18.0 Å². The number of nitrogens with one attached hydrogen (secondary N) is 2. The summed E-state index contributed by atoms with van der Waals surface area (Å²) < 4.78 is 55.7. The highest BCUT2D eigenvalue weighted by atomic mass is 32.2. The van der Waals surface area contributed by atoms with Crippen molar-refractivity contribution >= 4 is 53.8 Å². The summed E-state index contributed by atoms with van der Waals surface area (Å²) in [7, 11) is -7.85. The van der Waals surface area contributed by atoms with E-state index in [-0.39, 0.29) is 45.7 Å². The van der Waals surface area contributed by atoms with Gasteiger partial charge in [0.25, 0.3) is 15.9 Å². The number of amides is 1. The molecule has 0 radical (unpaired) electrons. The van der Waals surface area contributed by atoms with Crippen LogP contribution in [0.1, 0.15) is 39.2 Å². The summed E-state index contributed by atoms with van der Waals surface area (Å²) in [5.74, 6) is -0.665. The Kier molecular flexibility index (Phi) is 7.27. The molecule has 1 atom stereocenters. The van der Waals surface area contributed by atoms with Crippen LogP contribution in [-0.4, -0.2) is 46.5 Å². The number of sulfonamides is 2. The third kappa shape index (κ3) is 5.59. The van der Waals surface area contributed by atoms with Crippen molar-refractivity contribution in [3.63, 3.8) is 0 Å². The van der Waals surface area contributed by atoms with Crippen LogP contribution in [0.15, 0.2) is 56.3 Å². The van der Waals surface area contributed by atoms with E-state index in [2.05, 4.69) is 28.3 Å². The molecule has 0 fully saturated rings. The Morgan fingerprint density at radius 1 is 1.27 bits per heavy atom. The lowest BCUT2D eigenvalue weighted by atomic mass is 9.76. The summed E-state index contributed by atoms with van der Waals surface area (Å²) in [5, 5.41) is 16.1. The van der Waals surface area contributed by atoms with Crippen molar-refractivity contribution in [3.05, 3.63) is 52.6 Å². The summed E-state index contributed by atoms with van der Waals surface area (Å²) in [6, 6.07) is 9.00. The van der Waals surface area contributed by atoms with Gasteiger partial charge in [0.15, 0.2) is 5.84 Å². The minimum absolute atomic E-state index is 0.150. The Morgan fingerprint density at radius 2 is 1.95 bits per heavy atom. The summed E-state index contributed by atoms with van der Waals surface area (Å²) in [4.78, 5) is 15.1. The maximum absolute atomic E-state index is 13.7.